The molecule has 1 aromatic carbocycles. The van der Waals surface area contributed by atoms with E-state index in [4.69, 9.17) is 9.47 Å². The van der Waals surface area contributed by atoms with Crippen LogP contribution in [-0.2, 0) is 20.7 Å². The third kappa shape index (κ3) is 5.30. The van der Waals surface area contributed by atoms with E-state index in [1.54, 1.807) is 0 Å². The van der Waals surface area contributed by atoms with Gasteiger partial charge in [0.25, 0.3) is 0 Å². The Bertz CT molecular complexity index is 698. The Labute approximate surface area is 174 Å². The highest BCUT2D eigenvalue weighted by atomic mass is 16.5. The van der Waals surface area contributed by atoms with Gasteiger partial charge in [0.2, 0.25) is 11.8 Å². The zero-order valence-corrected chi connectivity index (χ0v) is 17.8. The number of carbonyl (C=O) groups excluding carboxylic acids is 2. The summed E-state index contributed by atoms with van der Waals surface area (Å²) in [7, 11) is 3.42. The molecule has 1 aromatic rings. The van der Waals surface area contributed by atoms with Crippen LogP contribution in [0.1, 0.15) is 44.1 Å². The van der Waals surface area contributed by atoms with Crippen molar-refractivity contribution in [2.45, 2.75) is 44.9 Å². The SMILES string of the molecule is COCC(=O)N1CCC2(CCCCCc3ccccc3OCCN(C)C2=O)CC1. The largest absolute Gasteiger partial charge is 0.491 e. The summed E-state index contributed by atoms with van der Waals surface area (Å²) in [6.45, 7) is 2.43. The molecule has 0 atom stereocenters. The first-order valence-corrected chi connectivity index (χ1v) is 10.8. The number of fused-ring (bicyclic) bond motifs is 1. The van der Waals surface area contributed by atoms with E-state index in [1.807, 2.05) is 29.0 Å². The van der Waals surface area contributed by atoms with Crippen LogP contribution in [-0.4, -0.2) is 68.6 Å². The van der Waals surface area contributed by atoms with Gasteiger partial charge < -0.3 is 19.3 Å². The summed E-state index contributed by atoms with van der Waals surface area (Å²) in [6, 6.07) is 8.21. The van der Waals surface area contributed by atoms with Gasteiger partial charge in [-0.05, 0) is 43.7 Å². The summed E-state index contributed by atoms with van der Waals surface area (Å²) in [6.07, 6.45) is 6.59. The zero-order chi connectivity index (χ0) is 20.7. The van der Waals surface area contributed by atoms with E-state index in [9.17, 15) is 9.59 Å². The summed E-state index contributed by atoms with van der Waals surface area (Å²) in [5.41, 5.74) is 0.889. The molecular formula is C23H34N2O4. The minimum atomic E-state index is -0.362. The van der Waals surface area contributed by atoms with E-state index in [1.165, 1.54) is 12.7 Å². The Morgan fingerprint density at radius 3 is 2.62 bits per heavy atom. The monoisotopic (exact) mass is 402 g/mol. The van der Waals surface area contributed by atoms with Gasteiger partial charge in [0.15, 0.2) is 0 Å². The molecule has 0 bridgehead atoms. The predicted molar refractivity (Wildman–Crippen MR) is 112 cm³/mol. The Hall–Kier alpha value is -2.08. The molecule has 0 aliphatic carbocycles. The Balaban J connectivity index is 1.69. The molecule has 160 valence electrons. The molecule has 6 heteroatoms. The minimum Gasteiger partial charge on any atom is -0.491 e. The molecule has 2 heterocycles. The summed E-state index contributed by atoms with van der Waals surface area (Å²) >= 11 is 0. The van der Waals surface area contributed by atoms with E-state index in [-0.39, 0.29) is 23.8 Å². The van der Waals surface area contributed by atoms with Gasteiger partial charge in [0.1, 0.15) is 19.0 Å². The van der Waals surface area contributed by atoms with E-state index in [2.05, 4.69) is 12.1 Å². The number of amides is 2. The van der Waals surface area contributed by atoms with Gasteiger partial charge in [-0.1, -0.05) is 31.0 Å². The summed E-state index contributed by atoms with van der Waals surface area (Å²) in [4.78, 5) is 29.2. The average molecular weight is 403 g/mol. The zero-order valence-electron chi connectivity index (χ0n) is 17.8. The second-order valence-corrected chi connectivity index (χ2v) is 8.34. The second kappa shape index (κ2) is 10.1. The maximum atomic E-state index is 13.4. The molecule has 2 aliphatic heterocycles. The van der Waals surface area contributed by atoms with Crippen LogP contribution in [0.4, 0.5) is 0 Å². The normalized spacial score (nSPS) is 20.8. The van der Waals surface area contributed by atoms with Crippen molar-refractivity contribution in [3.8, 4) is 5.75 Å². The van der Waals surface area contributed by atoms with Gasteiger partial charge in [-0.25, -0.2) is 0 Å². The third-order valence-corrected chi connectivity index (χ3v) is 6.40. The van der Waals surface area contributed by atoms with E-state index < -0.39 is 0 Å². The van der Waals surface area contributed by atoms with Crippen molar-refractivity contribution < 1.29 is 19.1 Å². The lowest BCUT2D eigenvalue weighted by Gasteiger charge is -2.42. The maximum absolute atomic E-state index is 13.4. The lowest BCUT2D eigenvalue weighted by Crippen LogP contribution is -2.51. The van der Waals surface area contributed by atoms with Gasteiger partial charge in [-0.3, -0.25) is 9.59 Å². The average Bonchev–Trinajstić information content (AvgIpc) is 2.74. The van der Waals surface area contributed by atoms with Crippen LogP contribution < -0.4 is 4.74 Å². The first kappa shape index (κ1) is 21.6. The fourth-order valence-corrected chi connectivity index (χ4v) is 4.58. The highest BCUT2D eigenvalue weighted by molar-refractivity contribution is 5.83. The van der Waals surface area contributed by atoms with Crippen molar-refractivity contribution in [2.24, 2.45) is 5.41 Å². The number of hydrogen-bond acceptors (Lipinski definition) is 4. The number of benzene rings is 1. The smallest absolute Gasteiger partial charge is 0.248 e. The van der Waals surface area contributed by atoms with Crippen molar-refractivity contribution in [1.82, 2.24) is 9.80 Å². The Morgan fingerprint density at radius 1 is 1.10 bits per heavy atom. The quantitative estimate of drug-likeness (QED) is 0.763. The summed E-state index contributed by atoms with van der Waals surface area (Å²) in [5, 5.41) is 0. The number of likely N-dealkylation sites (N-methyl/N-ethyl adjacent to an activating group) is 1. The lowest BCUT2D eigenvalue weighted by atomic mass is 9.73. The van der Waals surface area contributed by atoms with Crippen LogP contribution >= 0.6 is 0 Å². The number of carbonyl (C=O) groups is 2. The number of likely N-dealkylation sites (tertiary alicyclic amines) is 1. The molecule has 6 nitrogen and oxygen atoms in total. The van der Waals surface area contributed by atoms with Crippen LogP contribution in [0.25, 0.3) is 0 Å². The van der Waals surface area contributed by atoms with Crippen molar-refractivity contribution in [2.75, 3.05) is 47.0 Å². The van der Waals surface area contributed by atoms with Crippen molar-refractivity contribution in [3.63, 3.8) is 0 Å². The van der Waals surface area contributed by atoms with Crippen LogP contribution in [0.5, 0.6) is 5.75 Å². The van der Waals surface area contributed by atoms with Gasteiger partial charge >= 0.3 is 0 Å². The number of hydrogen-bond donors (Lipinski definition) is 0. The van der Waals surface area contributed by atoms with Crippen LogP contribution in [0.2, 0.25) is 0 Å². The van der Waals surface area contributed by atoms with E-state index in [0.717, 1.165) is 50.7 Å². The first-order chi connectivity index (χ1) is 14.1. The minimum absolute atomic E-state index is 0.0129. The topological polar surface area (TPSA) is 59.1 Å². The van der Waals surface area contributed by atoms with Crippen LogP contribution in [0.3, 0.4) is 0 Å². The number of nitrogens with zero attached hydrogens (tertiary/aromatic N) is 2. The fourth-order valence-electron chi connectivity index (χ4n) is 4.58. The van der Waals surface area contributed by atoms with Crippen molar-refractivity contribution in [1.29, 1.82) is 0 Å². The highest BCUT2D eigenvalue weighted by Crippen LogP contribution is 2.39. The maximum Gasteiger partial charge on any atom is 0.248 e. The molecule has 2 aliphatic rings. The van der Waals surface area contributed by atoms with Gasteiger partial charge in [0.05, 0.1) is 12.0 Å². The van der Waals surface area contributed by atoms with Gasteiger partial charge in [0, 0.05) is 27.2 Å². The lowest BCUT2D eigenvalue weighted by molar-refractivity contribution is -0.149. The summed E-state index contributed by atoms with van der Waals surface area (Å²) < 4.78 is 11.0. The number of methoxy groups -OCH3 is 1. The number of rotatable bonds is 2. The number of aryl methyl sites for hydroxylation is 1. The molecule has 29 heavy (non-hydrogen) atoms. The first-order valence-electron chi connectivity index (χ1n) is 10.8. The summed E-state index contributed by atoms with van der Waals surface area (Å²) in [5.74, 6) is 1.15. The van der Waals surface area contributed by atoms with Crippen molar-refractivity contribution in [3.05, 3.63) is 29.8 Å². The van der Waals surface area contributed by atoms with E-state index >= 15 is 0 Å². The van der Waals surface area contributed by atoms with Crippen LogP contribution in [0.15, 0.2) is 24.3 Å². The molecule has 1 spiro atoms. The Kier molecular flexibility index (Phi) is 7.53. The number of piperidine rings is 1. The van der Waals surface area contributed by atoms with E-state index in [0.29, 0.717) is 26.2 Å². The molecule has 1 saturated heterocycles. The molecule has 0 unspecified atom stereocenters. The van der Waals surface area contributed by atoms with Crippen molar-refractivity contribution >= 4 is 11.8 Å². The second-order valence-electron chi connectivity index (χ2n) is 8.34. The molecule has 2 amide bonds. The molecule has 0 radical (unpaired) electrons. The molecule has 3 rings (SSSR count). The Morgan fingerprint density at radius 2 is 1.86 bits per heavy atom. The standard InChI is InChI=1S/C23H34N2O4/c1-24-16-17-29-20-10-6-5-9-19(20)8-4-3-7-11-23(22(24)27)12-14-25(15-13-23)21(26)18-28-2/h5-6,9-10H,3-4,7-8,11-18H2,1-2H3. The fraction of sp³-hybridized carbons (Fsp3) is 0.652. The molecule has 0 saturated carbocycles. The number of ether oxygens (including phenoxy) is 2. The third-order valence-electron chi connectivity index (χ3n) is 6.40. The molecular weight excluding hydrogens is 368 g/mol. The van der Waals surface area contributed by atoms with Gasteiger partial charge in [-0.2, -0.15) is 0 Å². The van der Waals surface area contributed by atoms with Gasteiger partial charge in [-0.15, -0.1) is 0 Å². The predicted octanol–water partition coefficient (Wildman–Crippen LogP) is 2.90. The van der Waals surface area contributed by atoms with Crippen LogP contribution in [0, 0.1) is 5.41 Å². The highest BCUT2D eigenvalue weighted by Gasteiger charge is 2.43. The molecule has 0 N–H and O–H groups in total. The molecule has 1 fully saturated rings. The number of para-hydroxylation sites is 1. The molecule has 0 aromatic heterocycles.